The first-order valence-electron chi connectivity index (χ1n) is 14.7. The first kappa shape index (κ1) is 32.6. The van der Waals surface area contributed by atoms with Crippen molar-refractivity contribution in [1.82, 2.24) is 26.3 Å². The molecule has 1 aromatic carbocycles. The second-order valence-electron chi connectivity index (χ2n) is 12.7. The summed E-state index contributed by atoms with van der Waals surface area (Å²) in [7, 11) is 0. The number of Topliss-reactive ketones (excluding diaryl/α,β-unsaturated/α-hetero) is 1. The predicted octanol–water partition coefficient (Wildman–Crippen LogP) is 1.09. The molecule has 1 saturated heterocycles. The Hall–Kier alpha value is -4.33. The van der Waals surface area contributed by atoms with E-state index < -0.39 is 58.7 Å². The van der Waals surface area contributed by atoms with Crippen molar-refractivity contribution in [2.24, 2.45) is 11.1 Å². The Kier molecular flexibility index (Phi) is 9.42. The summed E-state index contributed by atoms with van der Waals surface area (Å²) < 4.78 is 10.9. The van der Waals surface area contributed by atoms with Crippen molar-refractivity contribution >= 4 is 35.2 Å². The first-order chi connectivity index (χ1) is 20.6. The number of rotatable bonds is 10. The van der Waals surface area contributed by atoms with Gasteiger partial charge in [-0.15, -0.1) is 0 Å². The Morgan fingerprint density at radius 2 is 1.80 bits per heavy atom. The van der Waals surface area contributed by atoms with Crippen LogP contribution in [-0.4, -0.2) is 77.5 Å². The van der Waals surface area contributed by atoms with Crippen LogP contribution in [0.4, 0.5) is 4.79 Å². The number of hydrogen-bond donors (Lipinski definition) is 5. The largest absolute Gasteiger partial charge is 0.454 e. The molecule has 1 spiro atoms. The van der Waals surface area contributed by atoms with E-state index in [4.69, 9.17) is 20.0 Å². The van der Waals surface area contributed by atoms with Gasteiger partial charge in [0.15, 0.2) is 11.5 Å². The number of amides is 5. The zero-order chi connectivity index (χ0) is 32.4. The summed E-state index contributed by atoms with van der Waals surface area (Å²) in [5, 5.41) is 8.14. The fraction of sp³-hybridized carbons (Fsp3) is 0.567. The topological polar surface area (TPSA) is 190 Å². The third-order valence-electron chi connectivity index (χ3n) is 7.66. The monoisotopic (exact) mass is 614 g/mol. The van der Waals surface area contributed by atoms with Gasteiger partial charge < -0.3 is 36.1 Å². The van der Waals surface area contributed by atoms with E-state index in [-0.39, 0.29) is 32.2 Å². The van der Waals surface area contributed by atoms with E-state index in [9.17, 15) is 24.0 Å². The molecule has 0 radical (unpaired) electrons. The van der Waals surface area contributed by atoms with Crippen LogP contribution in [0.1, 0.15) is 66.4 Å². The van der Waals surface area contributed by atoms with Crippen LogP contribution in [0.3, 0.4) is 0 Å². The summed E-state index contributed by atoms with van der Waals surface area (Å²) in [6, 6.07) is 1.44. The molecule has 0 bridgehead atoms. The van der Waals surface area contributed by atoms with Gasteiger partial charge in [-0.1, -0.05) is 34.1 Å². The van der Waals surface area contributed by atoms with Crippen LogP contribution in [0, 0.1) is 5.41 Å². The van der Waals surface area contributed by atoms with Gasteiger partial charge in [-0.25, -0.2) is 4.79 Å². The van der Waals surface area contributed by atoms with Gasteiger partial charge in [0.05, 0.1) is 18.3 Å². The lowest BCUT2D eigenvalue weighted by molar-refractivity contribution is -0.143. The van der Waals surface area contributed by atoms with Gasteiger partial charge in [0.1, 0.15) is 17.7 Å². The molecule has 0 unspecified atom stereocenters. The standard InChI is InChI=1S/C30H42N6O8/c1-7-8-18(23(37)25(31)38)33-26(39)20-13-30(12-19(35-44-30)17-9-10-21-22(11-17)43-15-42-21)14-36(20)27(40)24(29(4,5)6)34-28(41)32-16(2)3/h9-12,16,18,20,24,35H,7-8,13-15H2,1-6H3,(H2,31,38)(H,33,39)(H2,32,34,41)/t18-,20-,24+,30+/m0/s1. The maximum Gasteiger partial charge on any atom is 0.315 e. The van der Waals surface area contributed by atoms with Gasteiger partial charge >= 0.3 is 6.03 Å². The van der Waals surface area contributed by atoms with E-state index in [1.807, 2.05) is 6.07 Å². The SMILES string of the molecule is CCC[C@H](NC(=O)[C@@H]1C[C@]2(C=C(c3ccc4c(c3)OCO4)NO2)CN1C(=O)[C@@H](NC(=O)NC(C)C)C(C)(C)C)C(=O)C(N)=O. The number of ketones is 1. The number of carbonyl (C=O) groups excluding carboxylic acids is 5. The molecule has 1 aromatic rings. The van der Waals surface area contributed by atoms with Gasteiger partial charge in [-0.2, -0.15) is 0 Å². The number of nitrogens with one attached hydrogen (secondary N) is 4. The summed E-state index contributed by atoms with van der Waals surface area (Å²) in [6.45, 7) is 10.9. The highest BCUT2D eigenvalue weighted by atomic mass is 16.7. The van der Waals surface area contributed by atoms with Gasteiger partial charge in [-0.3, -0.25) is 29.5 Å². The molecule has 4 atom stereocenters. The minimum atomic E-state index is -1.16. The van der Waals surface area contributed by atoms with Crippen molar-refractivity contribution in [3.05, 3.63) is 29.8 Å². The molecule has 4 rings (SSSR count). The Morgan fingerprint density at radius 1 is 1.09 bits per heavy atom. The van der Waals surface area contributed by atoms with E-state index in [2.05, 4.69) is 21.4 Å². The normalized spacial score (nSPS) is 21.8. The summed E-state index contributed by atoms with van der Waals surface area (Å²) in [5.41, 5.74) is 7.64. The fourth-order valence-electron chi connectivity index (χ4n) is 5.48. The summed E-state index contributed by atoms with van der Waals surface area (Å²) in [4.78, 5) is 72.3. The maximum absolute atomic E-state index is 14.2. The fourth-order valence-corrected chi connectivity index (χ4v) is 5.48. The number of nitrogens with two attached hydrogens (primary N) is 1. The average Bonchev–Trinajstić information content (AvgIpc) is 3.68. The predicted molar refractivity (Wildman–Crippen MR) is 159 cm³/mol. The second-order valence-corrected chi connectivity index (χ2v) is 12.7. The summed E-state index contributed by atoms with van der Waals surface area (Å²) in [5.74, 6) is -2.04. The molecule has 0 aliphatic carbocycles. The average molecular weight is 615 g/mol. The van der Waals surface area contributed by atoms with Gasteiger partial charge in [0.25, 0.3) is 5.91 Å². The molecule has 44 heavy (non-hydrogen) atoms. The molecule has 3 heterocycles. The zero-order valence-corrected chi connectivity index (χ0v) is 25.9. The van der Waals surface area contributed by atoms with E-state index in [1.165, 1.54) is 4.90 Å². The minimum Gasteiger partial charge on any atom is -0.454 e. The lowest BCUT2D eigenvalue weighted by Gasteiger charge is -2.35. The van der Waals surface area contributed by atoms with Crippen molar-refractivity contribution < 1.29 is 38.3 Å². The number of hydroxylamine groups is 1. The highest BCUT2D eigenvalue weighted by molar-refractivity contribution is 6.37. The van der Waals surface area contributed by atoms with Crippen molar-refractivity contribution in [2.45, 2.75) is 90.6 Å². The van der Waals surface area contributed by atoms with Gasteiger partial charge in [0.2, 0.25) is 24.4 Å². The van der Waals surface area contributed by atoms with Crippen molar-refractivity contribution in [3.63, 3.8) is 0 Å². The number of hydrogen-bond acceptors (Lipinski definition) is 9. The molecule has 6 N–H and O–H groups in total. The highest BCUT2D eigenvalue weighted by Gasteiger charge is 2.54. The summed E-state index contributed by atoms with van der Waals surface area (Å²) >= 11 is 0. The van der Waals surface area contributed by atoms with Crippen LogP contribution < -0.4 is 36.6 Å². The molecule has 14 nitrogen and oxygen atoms in total. The Labute approximate surface area is 256 Å². The molecule has 5 amide bonds. The lowest BCUT2D eigenvalue weighted by Crippen LogP contribution is -2.60. The van der Waals surface area contributed by atoms with Crippen LogP contribution in [0.25, 0.3) is 5.70 Å². The molecule has 0 aromatic heterocycles. The van der Waals surface area contributed by atoms with Crippen LogP contribution >= 0.6 is 0 Å². The van der Waals surface area contributed by atoms with Crippen LogP contribution in [0.15, 0.2) is 24.3 Å². The number of likely N-dealkylation sites (tertiary alicyclic amines) is 1. The molecule has 3 aliphatic rings. The first-order valence-corrected chi connectivity index (χ1v) is 14.7. The van der Waals surface area contributed by atoms with E-state index in [0.717, 1.165) is 5.56 Å². The third-order valence-corrected chi connectivity index (χ3v) is 7.66. The number of nitrogens with zero attached hydrogens (tertiary/aromatic N) is 1. The number of carbonyl (C=O) groups is 5. The summed E-state index contributed by atoms with van der Waals surface area (Å²) in [6.07, 6.45) is 2.52. The van der Waals surface area contributed by atoms with Crippen LogP contribution in [-0.2, 0) is 24.0 Å². The Bertz CT molecular complexity index is 1360. The zero-order valence-electron chi connectivity index (χ0n) is 25.9. The number of primary amides is 1. The van der Waals surface area contributed by atoms with Crippen LogP contribution in [0.2, 0.25) is 0 Å². The molecular formula is C30H42N6O8. The van der Waals surface area contributed by atoms with Gasteiger partial charge in [0, 0.05) is 18.0 Å². The Balaban J connectivity index is 1.67. The molecule has 3 aliphatic heterocycles. The molecule has 14 heteroatoms. The van der Waals surface area contributed by atoms with E-state index >= 15 is 0 Å². The second kappa shape index (κ2) is 12.7. The van der Waals surface area contributed by atoms with Crippen molar-refractivity contribution in [2.75, 3.05) is 13.3 Å². The molecule has 1 fully saturated rings. The number of ether oxygens (including phenoxy) is 2. The molecule has 0 saturated carbocycles. The number of urea groups is 1. The lowest BCUT2D eigenvalue weighted by atomic mass is 9.85. The van der Waals surface area contributed by atoms with Crippen molar-refractivity contribution in [1.29, 1.82) is 0 Å². The number of benzene rings is 1. The number of fused-ring (bicyclic) bond motifs is 1. The molecule has 240 valence electrons. The van der Waals surface area contributed by atoms with E-state index in [0.29, 0.717) is 23.6 Å². The molecular weight excluding hydrogens is 572 g/mol. The smallest absolute Gasteiger partial charge is 0.315 e. The minimum absolute atomic E-state index is 0.0320. The van der Waals surface area contributed by atoms with Crippen LogP contribution in [0.5, 0.6) is 11.5 Å². The maximum atomic E-state index is 14.2. The third kappa shape index (κ3) is 7.07. The van der Waals surface area contributed by atoms with Crippen molar-refractivity contribution in [3.8, 4) is 11.5 Å². The van der Waals surface area contributed by atoms with Gasteiger partial charge in [-0.05, 0) is 50.0 Å². The van der Waals surface area contributed by atoms with E-state index in [1.54, 1.807) is 59.8 Å². The quantitative estimate of drug-likeness (QED) is 0.240. The Morgan fingerprint density at radius 3 is 2.43 bits per heavy atom. The highest BCUT2D eigenvalue weighted by Crippen LogP contribution is 2.40.